The van der Waals surface area contributed by atoms with Crippen molar-refractivity contribution in [2.75, 3.05) is 5.32 Å². The molecule has 1 aliphatic rings. The summed E-state index contributed by atoms with van der Waals surface area (Å²) in [6.45, 7) is 0. The van der Waals surface area contributed by atoms with Crippen molar-refractivity contribution in [3.05, 3.63) is 59.7 Å². The number of benzene rings is 2. The van der Waals surface area contributed by atoms with Gasteiger partial charge in [0.05, 0.1) is 11.4 Å². The van der Waals surface area contributed by atoms with Crippen LogP contribution in [-0.2, 0) is 4.79 Å². The highest BCUT2D eigenvalue weighted by molar-refractivity contribution is 6.20. The van der Waals surface area contributed by atoms with E-state index in [1.165, 1.54) is 6.07 Å². The summed E-state index contributed by atoms with van der Waals surface area (Å²) < 4.78 is 0. The first kappa shape index (κ1) is 12.4. The topological polar surface area (TPSA) is 87.7 Å². The minimum Gasteiger partial charge on any atom is -0.506 e. The number of hydrogen-bond acceptors (Lipinski definition) is 4. The molecule has 1 amide bonds. The average Bonchev–Trinajstić information content (AvgIpc) is 2.59. The SMILES string of the molecule is NC1N=C(c2ccccc2)c2cccc(O)c2NC1=O. The molecule has 5 nitrogen and oxygen atoms in total. The standard InChI is InChI=1S/C15H13N3O2/c16-14-15(20)18-13-10(7-4-8-11(13)19)12(17-14)9-5-2-1-3-6-9/h1-8,14,19H,16H2,(H,18,20). The molecule has 0 saturated heterocycles. The second-order valence-corrected chi connectivity index (χ2v) is 4.48. The molecule has 2 aromatic carbocycles. The number of nitrogens with one attached hydrogen (secondary N) is 1. The van der Waals surface area contributed by atoms with Gasteiger partial charge in [-0.25, -0.2) is 0 Å². The van der Waals surface area contributed by atoms with Gasteiger partial charge < -0.3 is 16.2 Å². The van der Waals surface area contributed by atoms with Gasteiger partial charge in [0.1, 0.15) is 5.75 Å². The number of fused-ring (bicyclic) bond motifs is 1. The van der Waals surface area contributed by atoms with Crippen LogP contribution in [-0.4, -0.2) is 22.9 Å². The highest BCUT2D eigenvalue weighted by Crippen LogP contribution is 2.31. The van der Waals surface area contributed by atoms with E-state index >= 15 is 0 Å². The van der Waals surface area contributed by atoms with Crippen LogP contribution >= 0.6 is 0 Å². The number of carbonyl (C=O) groups is 1. The van der Waals surface area contributed by atoms with Crippen LogP contribution in [0.5, 0.6) is 5.75 Å². The minimum atomic E-state index is -1.00. The number of benzodiazepines with no additional fused rings is 1. The Morgan fingerprint density at radius 3 is 2.60 bits per heavy atom. The summed E-state index contributed by atoms with van der Waals surface area (Å²) in [5.41, 5.74) is 8.17. The molecule has 0 spiro atoms. The number of para-hydroxylation sites is 1. The van der Waals surface area contributed by atoms with E-state index < -0.39 is 12.1 Å². The first-order valence-corrected chi connectivity index (χ1v) is 6.19. The fourth-order valence-electron chi connectivity index (χ4n) is 2.16. The predicted octanol–water partition coefficient (Wildman–Crippen LogP) is 1.47. The zero-order valence-electron chi connectivity index (χ0n) is 10.6. The molecule has 100 valence electrons. The lowest BCUT2D eigenvalue weighted by Gasteiger charge is -2.11. The molecule has 1 heterocycles. The molecule has 1 unspecified atom stereocenters. The molecule has 4 N–H and O–H groups in total. The van der Waals surface area contributed by atoms with Crippen molar-refractivity contribution in [2.24, 2.45) is 10.7 Å². The number of phenols is 1. The summed E-state index contributed by atoms with van der Waals surface area (Å²) >= 11 is 0. The second-order valence-electron chi connectivity index (χ2n) is 4.48. The van der Waals surface area contributed by atoms with Crippen LogP contribution in [0.1, 0.15) is 11.1 Å². The highest BCUT2D eigenvalue weighted by atomic mass is 16.3. The molecule has 0 radical (unpaired) electrons. The molecule has 1 aliphatic heterocycles. The third-order valence-corrected chi connectivity index (χ3v) is 3.13. The third kappa shape index (κ3) is 2.04. The number of anilines is 1. The summed E-state index contributed by atoms with van der Waals surface area (Å²) in [5, 5.41) is 12.6. The van der Waals surface area contributed by atoms with Crippen LogP contribution in [0.3, 0.4) is 0 Å². The zero-order chi connectivity index (χ0) is 14.1. The van der Waals surface area contributed by atoms with Gasteiger partial charge in [-0.15, -0.1) is 0 Å². The van der Waals surface area contributed by atoms with Crippen molar-refractivity contribution in [1.29, 1.82) is 0 Å². The van der Waals surface area contributed by atoms with E-state index in [9.17, 15) is 9.90 Å². The fourth-order valence-corrected chi connectivity index (χ4v) is 2.16. The lowest BCUT2D eigenvalue weighted by molar-refractivity contribution is -0.117. The Morgan fingerprint density at radius 2 is 1.85 bits per heavy atom. The van der Waals surface area contributed by atoms with E-state index in [1.807, 2.05) is 30.3 Å². The summed E-state index contributed by atoms with van der Waals surface area (Å²) in [6, 6.07) is 14.4. The van der Waals surface area contributed by atoms with Gasteiger partial charge >= 0.3 is 0 Å². The number of phenolic OH excluding ortho intramolecular Hbond substituents is 1. The van der Waals surface area contributed by atoms with Gasteiger partial charge in [-0.3, -0.25) is 9.79 Å². The molecular formula is C15H13N3O2. The van der Waals surface area contributed by atoms with E-state index in [1.54, 1.807) is 12.1 Å². The Balaban J connectivity index is 2.25. The maximum absolute atomic E-state index is 11.9. The van der Waals surface area contributed by atoms with Crippen LogP contribution in [0, 0.1) is 0 Å². The molecule has 0 saturated carbocycles. The Bertz CT molecular complexity index is 696. The maximum Gasteiger partial charge on any atom is 0.263 e. The second kappa shape index (κ2) is 4.79. The van der Waals surface area contributed by atoms with Crippen LogP contribution in [0.25, 0.3) is 0 Å². The van der Waals surface area contributed by atoms with Crippen molar-refractivity contribution < 1.29 is 9.90 Å². The Morgan fingerprint density at radius 1 is 1.10 bits per heavy atom. The Kier molecular flexibility index (Phi) is 2.96. The van der Waals surface area contributed by atoms with E-state index in [2.05, 4.69) is 10.3 Å². The predicted molar refractivity (Wildman–Crippen MR) is 76.8 cm³/mol. The van der Waals surface area contributed by atoms with Gasteiger partial charge in [0.2, 0.25) is 0 Å². The van der Waals surface area contributed by atoms with Crippen LogP contribution in [0.2, 0.25) is 0 Å². The molecule has 5 heteroatoms. The molecular weight excluding hydrogens is 254 g/mol. The van der Waals surface area contributed by atoms with Gasteiger partial charge in [-0.2, -0.15) is 0 Å². The normalized spacial score (nSPS) is 17.8. The van der Waals surface area contributed by atoms with Crippen LogP contribution in [0.4, 0.5) is 5.69 Å². The van der Waals surface area contributed by atoms with Crippen molar-refractivity contribution in [2.45, 2.75) is 6.17 Å². The highest BCUT2D eigenvalue weighted by Gasteiger charge is 2.24. The number of aromatic hydroxyl groups is 1. The molecule has 0 aromatic heterocycles. The summed E-state index contributed by atoms with van der Waals surface area (Å²) in [7, 11) is 0. The smallest absolute Gasteiger partial charge is 0.263 e. The molecule has 3 rings (SSSR count). The van der Waals surface area contributed by atoms with Gasteiger partial charge in [-0.1, -0.05) is 42.5 Å². The number of carbonyl (C=O) groups excluding carboxylic acids is 1. The largest absolute Gasteiger partial charge is 0.506 e. The van der Waals surface area contributed by atoms with Gasteiger partial charge in [0.25, 0.3) is 5.91 Å². The minimum absolute atomic E-state index is 0.00594. The third-order valence-electron chi connectivity index (χ3n) is 3.13. The number of hydrogen-bond donors (Lipinski definition) is 3. The average molecular weight is 267 g/mol. The van der Waals surface area contributed by atoms with E-state index in [0.29, 0.717) is 17.0 Å². The molecule has 1 atom stereocenters. The lowest BCUT2D eigenvalue weighted by atomic mass is 10.0. The molecule has 0 aliphatic carbocycles. The van der Waals surface area contributed by atoms with Gasteiger partial charge in [-0.05, 0) is 6.07 Å². The van der Waals surface area contributed by atoms with Crippen molar-refractivity contribution in [3.63, 3.8) is 0 Å². The maximum atomic E-state index is 11.9. The lowest BCUT2D eigenvalue weighted by Crippen LogP contribution is -2.33. The first-order valence-electron chi connectivity index (χ1n) is 6.19. The van der Waals surface area contributed by atoms with Gasteiger partial charge in [0.15, 0.2) is 6.17 Å². The number of rotatable bonds is 1. The quantitative estimate of drug-likeness (QED) is 0.684. The van der Waals surface area contributed by atoms with E-state index in [4.69, 9.17) is 5.73 Å². The van der Waals surface area contributed by atoms with E-state index in [-0.39, 0.29) is 5.75 Å². The van der Waals surface area contributed by atoms with Crippen molar-refractivity contribution in [1.82, 2.24) is 0 Å². The molecule has 2 aromatic rings. The monoisotopic (exact) mass is 267 g/mol. The summed E-state index contributed by atoms with van der Waals surface area (Å²) in [5.74, 6) is -0.452. The fraction of sp³-hybridized carbons (Fsp3) is 0.0667. The van der Waals surface area contributed by atoms with Crippen molar-refractivity contribution >= 4 is 17.3 Å². The Labute approximate surface area is 115 Å². The van der Waals surface area contributed by atoms with Crippen molar-refractivity contribution in [3.8, 4) is 5.75 Å². The first-order chi connectivity index (χ1) is 9.66. The summed E-state index contributed by atoms with van der Waals surface area (Å²) in [6.07, 6.45) is -1.00. The Hall–Kier alpha value is -2.66. The number of aliphatic imine (C=N–C) groups is 1. The summed E-state index contributed by atoms with van der Waals surface area (Å²) in [4.78, 5) is 16.1. The molecule has 0 fully saturated rings. The van der Waals surface area contributed by atoms with Gasteiger partial charge in [0, 0.05) is 11.1 Å². The zero-order valence-corrected chi connectivity index (χ0v) is 10.6. The van der Waals surface area contributed by atoms with Crippen LogP contribution in [0.15, 0.2) is 53.5 Å². The number of nitrogens with two attached hydrogens (primary N) is 1. The van der Waals surface area contributed by atoms with Crippen LogP contribution < -0.4 is 11.1 Å². The van der Waals surface area contributed by atoms with E-state index in [0.717, 1.165) is 5.56 Å². The number of nitrogens with zero attached hydrogens (tertiary/aromatic N) is 1. The molecule has 0 bridgehead atoms. The molecule has 20 heavy (non-hydrogen) atoms. The number of amides is 1.